The van der Waals surface area contributed by atoms with Crippen LogP contribution in [-0.4, -0.2) is 6.11 Å². The Labute approximate surface area is 247 Å². The van der Waals surface area contributed by atoms with Crippen LogP contribution in [0.1, 0.15) is 157 Å². The van der Waals surface area contributed by atoms with Gasteiger partial charge in [-0.15, -0.1) is 0 Å². The summed E-state index contributed by atoms with van der Waals surface area (Å²) in [5.74, 6) is 2.68. The second-order valence-electron chi connectivity index (χ2n) is 13.0. The van der Waals surface area contributed by atoms with Crippen molar-refractivity contribution in [2.45, 2.75) is 147 Å². The number of hydrogen-bond acceptors (Lipinski definition) is 1. The van der Waals surface area contributed by atoms with Gasteiger partial charge in [0.05, 0.1) is 6.61 Å². The Kier molecular flexibility index (Phi) is 12.6. The third-order valence-electron chi connectivity index (χ3n) is 10.0. The Hall–Kier alpha value is -1.81. The van der Waals surface area contributed by atoms with Crippen LogP contribution in [0.4, 0.5) is 13.2 Å². The van der Waals surface area contributed by atoms with Crippen LogP contribution in [0.5, 0.6) is 0 Å². The van der Waals surface area contributed by atoms with Crippen molar-refractivity contribution in [3.8, 4) is 0 Å². The molecule has 41 heavy (non-hydrogen) atoms. The SMILES string of the molecule is CCCCCC1CCC(c2ccc(COC(F)(F)C(F)c3ccc(C4CCC(CCCCC)CC4)cc3)cc2)CC1. The number of benzene rings is 2. The molecule has 0 aliphatic heterocycles. The summed E-state index contributed by atoms with van der Waals surface area (Å²) >= 11 is 0. The number of halogens is 3. The molecule has 1 nitrogen and oxygen atoms in total. The Morgan fingerprint density at radius 2 is 1.10 bits per heavy atom. The first-order valence-electron chi connectivity index (χ1n) is 16.7. The maximum absolute atomic E-state index is 14.9. The van der Waals surface area contributed by atoms with Gasteiger partial charge in [-0.25, -0.2) is 4.39 Å². The normalized spacial score (nSPS) is 24.3. The smallest absolute Gasteiger partial charge is 0.313 e. The number of hydrogen-bond donors (Lipinski definition) is 0. The zero-order chi connectivity index (χ0) is 29.1. The third-order valence-corrected chi connectivity index (χ3v) is 10.0. The molecule has 4 heteroatoms. The van der Waals surface area contributed by atoms with Crippen molar-refractivity contribution in [1.29, 1.82) is 0 Å². The molecule has 2 fully saturated rings. The third kappa shape index (κ3) is 9.60. The molecule has 0 saturated heterocycles. The summed E-state index contributed by atoms with van der Waals surface area (Å²) in [5, 5.41) is 0. The van der Waals surface area contributed by atoms with Crippen molar-refractivity contribution in [3.05, 3.63) is 70.8 Å². The Bertz CT molecular complexity index is 986. The first kappa shape index (κ1) is 32.1. The van der Waals surface area contributed by atoms with E-state index in [1.165, 1.54) is 108 Å². The van der Waals surface area contributed by atoms with Crippen LogP contribution in [0.25, 0.3) is 0 Å². The fourth-order valence-corrected chi connectivity index (χ4v) is 7.20. The summed E-state index contributed by atoms with van der Waals surface area (Å²) in [6.07, 6.45) is 13.8. The predicted octanol–water partition coefficient (Wildman–Crippen LogP) is 12.2. The van der Waals surface area contributed by atoms with Crippen LogP contribution >= 0.6 is 0 Å². The second-order valence-corrected chi connectivity index (χ2v) is 13.0. The van der Waals surface area contributed by atoms with E-state index in [1.54, 1.807) is 0 Å². The molecular weight excluding hydrogens is 517 g/mol. The van der Waals surface area contributed by atoms with Gasteiger partial charge in [-0.2, -0.15) is 8.78 Å². The van der Waals surface area contributed by atoms with Gasteiger partial charge in [-0.1, -0.05) is 114 Å². The molecule has 4 rings (SSSR count). The lowest BCUT2D eigenvalue weighted by atomic mass is 9.77. The average molecular weight is 571 g/mol. The van der Waals surface area contributed by atoms with Crippen LogP contribution in [0.3, 0.4) is 0 Å². The fraction of sp³-hybridized carbons (Fsp3) is 0.676. The molecule has 0 aromatic heterocycles. The van der Waals surface area contributed by atoms with E-state index in [-0.39, 0.29) is 12.2 Å². The van der Waals surface area contributed by atoms with Gasteiger partial charge in [0, 0.05) is 0 Å². The van der Waals surface area contributed by atoms with Crippen LogP contribution in [0.15, 0.2) is 48.5 Å². The highest BCUT2D eigenvalue weighted by Crippen LogP contribution is 2.41. The van der Waals surface area contributed by atoms with Crippen LogP contribution in [0.2, 0.25) is 0 Å². The monoisotopic (exact) mass is 570 g/mol. The summed E-state index contributed by atoms with van der Waals surface area (Å²) in [4.78, 5) is 0. The van der Waals surface area contributed by atoms with Gasteiger partial charge >= 0.3 is 6.11 Å². The topological polar surface area (TPSA) is 9.23 Å². The quantitative estimate of drug-likeness (QED) is 0.194. The molecule has 0 amide bonds. The van der Waals surface area contributed by atoms with Gasteiger partial charge < -0.3 is 4.74 Å². The molecule has 0 radical (unpaired) electrons. The maximum atomic E-state index is 14.9. The largest absolute Gasteiger partial charge is 0.391 e. The molecule has 2 aromatic carbocycles. The molecule has 2 aromatic rings. The van der Waals surface area contributed by atoms with Gasteiger partial charge in [0.25, 0.3) is 0 Å². The molecule has 2 aliphatic rings. The van der Waals surface area contributed by atoms with Crippen molar-refractivity contribution in [2.75, 3.05) is 0 Å². The number of alkyl halides is 3. The lowest BCUT2D eigenvalue weighted by Gasteiger charge is -2.29. The van der Waals surface area contributed by atoms with E-state index in [1.807, 2.05) is 36.4 Å². The summed E-state index contributed by atoms with van der Waals surface area (Å²) in [6.45, 7) is 4.18. The highest BCUT2D eigenvalue weighted by atomic mass is 19.3. The molecule has 1 unspecified atom stereocenters. The zero-order valence-electron chi connectivity index (χ0n) is 25.6. The maximum Gasteiger partial charge on any atom is 0.391 e. The highest BCUT2D eigenvalue weighted by Gasteiger charge is 2.43. The summed E-state index contributed by atoms with van der Waals surface area (Å²) < 4.78 is 49.3. The molecule has 0 bridgehead atoms. The first-order valence-corrected chi connectivity index (χ1v) is 16.7. The summed E-state index contributed by atoms with van der Waals surface area (Å²) in [7, 11) is 0. The minimum absolute atomic E-state index is 0.0207. The van der Waals surface area contributed by atoms with Crippen molar-refractivity contribution in [2.24, 2.45) is 11.8 Å². The lowest BCUT2D eigenvalue weighted by Crippen LogP contribution is -2.27. The second kappa shape index (κ2) is 16.1. The van der Waals surface area contributed by atoms with Gasteiger partial charge in [0.15, 0.2) is 0 Å². The Balaban J connectivity index is 1.22. The summed E-state index contributed by atoms with van der Waals surface area (Å²) in [5.41, 5.74) is 3.05. The van der Waals surface area contributed by atoms with Crippen molar-refractivity contribution >= 4 is 0 Å². The minimum atomic E-state index is -3.88. The average Bonchev–Trinajstić information content (AvgIpc) is 3.01. The van der Waals surface area contributed by atoms with E-state index in [9.17, 15) is 13.2 Å². The standard InChI is InChI=1S/C37H53F3O/c1-3-5-7-9-28-11-17-31(18-12-28)33-21-15-30(16-22-33)27-41-37(39,40)36(38)35-25-23-34(24-26-35)32-19-13-29(14-20-32)10-8-6-4-2/h15-16,21-26,28-29,31-32,36H,3-14,17-20,27H2,1-2H3. The van der Waals surface area contributed by atoms with E-state index in [4.69, 9.17) is 4.74 Å². The van der Waals surface area contributed by atoms with E-state index in [2.05, 4.69) is 13.8 Å². The molecule has 2 saturated carbocycles. The predicted molar refractivity (Wildman–Crippen MR) is 164 cm³/mol. The van der Waals surface area contributed by atoms with Crippen LogP contribution in [-0.2, 0) is 11.3 Å². The van der Waals surface area contributed by atoms with Gasteiger partial charge in [0.2, 0.25) is 6.17 Å². The van der Waals surface area contributed by atoms with E-state index in [0.29, 0.717) is 17.4 Å². The molecule has 2 aliphatic carbocycles. The fourth-order valence-electron chi connectivity index (χ4n) is 7.20. The lowest BCUT2D eigenvalue weighted by molar-refractivity contribution is -0.282. The van der Waals surface area contributed by atoms with E-state index in [0.717, 1.165) is 30.2 Å². The van der Waals surface area contributed by atoms with E-state index < -0.39 is 12.3 Å². The number of unbranched alkanes of at least 4 members (excludes halogenated alkanes) is 4. The molecular formula is C37H53F3O. The highest BCUT2D eigenvalue weighted by molar-refractivity contribution is 5.28. The van der Waals surface area contributed by atoms with Crippen LogP contribution < -0.4 is 0 Å². The molecule has 0 N–H and O–H groups in total. The van der Waals surface area contributed by atoms with E-state index >= 15 is 0 Å². The number of ether oxygens (including phenoxy) is 1. The minimum Gasteiger partial charge on any atom is -0.313 e. The molecule has 228 valence electrons. The molecule has 1 atom stereocenters. The Morgan fingerprint density at radius 3 is 1.54 bits per heavy atom. The molecule has 0 heterocycles. The van der Waals surface area contributed by atoms with Gasteiger partial charge in [-0.05, 0) is 97.3 Å². The van der Waals surface area contributed by atoms with Crippen molar-refractivity contribution in [3.63, 3.8) is 0 Å². The number of rotatable bonds is 15. The first-order chi connectivity index (χ1) is 19.9. The summed E-state index contributed by atoms with van der Waals surface area (Å²) in [6, 6.07) is 14.6. The zero-order valence-corrected chi connectivity index (χ0v) is 25.6. The van der Waals surface area contributed by atoms with Crippen molar-refractivity contribution < 1.29 is 17.9 Å². The van der Waals surface area contributed by atoms with Gasteiger partial charge in [-0.3, -0.25) is 0 Å². The van der Waals surface area contributed by atoms with Gasteiger partial charge in [0.1, 0.15) is 0 Å². The Morgan fingerprint density at radius 1 is 0.659 bits per heavy atom. The van der Waals surface area contributed by atoms with Crippen LogP contribution in [0, 0.1) is 11.8 Å². The molecule has 0 spiro atoms. The van der Waals surface area contributed by atoms with Crippen molar-refractivity contribution in [1.82, 2.24) is 0 Å².